The molecule has 0 heterocycles. The van der Waals surface area contributed by atoms with Crippen molar-refractivity contribution in [1.82, 2.24) is 0 Å². The number of ether oxygens (including phenoxy) is 7. The van der Waals surface area contributed by atoms with Crippen LogP contribution in [-0.2, 0) is 33.2 Å². The highest BCUT2D eigenvalue weighted by Crippen LogP contribution is 2.22. The fraction of sp³-hybridized carbons (Fsp3) is 0.533. The van der Waals surface area contributed by atoms with Crippen LogP contribution < -0.4 is 0 Å². The third kappa shape index (κ3) is 15.0. The lowest BCUT2D eigenvalue weighted by Gasteiger charge is -2.29. The van der Waals surface area contributed by atoms with Crippen molar-refractivity contribution in [3.63, 3.8) is 0 Å². The van der Waals surface area contributed by atoms with E-state index < -0.39 is 48.9 Å². The van der Waals surface area contributed by atoms with Crippen molar-refractivity contribution < 1.29 is 78.5 Å². The molecule has 2 aromatic rings. The zero-order valence-corrected chi connectivity index (χ0v) is 25.6. The van der Waals surface area contributed by atoms with Gasteiger partial charge in [-0.25, -0.2) is 9.59 Å². The van der Waals surface area contributed by atoms with Gasteiger partial charge in [-0.3, -0.25) is 0 Å². The van der Waals surface area contributed by atoms with Gasteiger partial charge in [0.05, 0.1) is 57.4 Å². The van der Waals surface area contributed by atoms with Gasteiger partial charge in [0.1, 0.15) is 61.3 Å². The number of carbonyl (C=O) groups is 2. The summed E-state index contributed by atoms with van der Waals surface area (Å²) in [6.07, 6.45) is -3.27. The van der Waals surface area contributed by atoms with E-state index in [1.54, 1.807) is 6.92 Å². The van der Waals surface area contributed by atoms with Crippen LogP contribution in [0.4, 0.5) is 0 Å². The van der Waals surface area contributed by atoms with Crippen LogP contribution in [0.25, 0.3) is 0 Å². The Morgan fingerprint density at radius 3 is 1.37 bits per heavy atom. The van der Waals surface area contributed by atoms with Gasteiger partial charge in [-0.1, -0.05) is 6.92 Å². The highest BCUT2D eigenvalue weighted by Gasteiger charge is 2.27. The molecule has 2 rings (SSSR count). The molecule has 0 aliphatic heterocycles. The molecule has 0 aliphatic rings. The van der Waals surface area contributed by atoms with E-state index in [1.807, 2.05) is 0 Å². The number of aliphatic hydroxyl groups excluding tert-OH is 3. The summed E-state index contributed by atoms with van der Waals surface area (Å²) in [5, 5.41) is 68.1. The Labute approximate surface area is 265 Å². The van der Waals surface area contributed by atoms with Crippen LogP contribution in [0.5, 0.6) is 23.0 Å². The lowest BCUT2D eigenvalue weighted by Crippen LogP contribution is -2.37. The van der Waals surface area contributed by atoms with Crippen molar-refractivity contribution in [3.8, 4) is 23.0 Å². The van der Waals surface area contributed by atoms with Crippen molar-refractivity contribution in [2.45, 2.75) is 25.2 Å². The fourth-order valence-corrected chi connectivity index (χ4v) is 3.81. The number of phenolic OH excluding ortho intramolecular Hbond substituents is 4. The van der Waals surface area contributed by atoms with Crippen molar-refractivity contribution >= 4 is 11.9 Å². The summed E-state index contributed by atoms with van der Waals surface area (Å²) < 4.78 is 36.9. The molecule has 16 heteroatoms. The summed E-state index contributed by atoms with van der Waals surface area (Å²) in [7, 11) is 1.44. The number of benzene rings is 2. The maximum absolute atomic E-state index is 12.1. The molecule has 0 aromatic heterocycles. The summed E-state index contributed by atoms with van der Waals surface area (Å²) in [6.45, 7) is 0.269. The normalized spacial score (nSPS) is 14.6. The Morgan fingerprint density at radius 2 is 0.957 bits per heavy atom. The Kier molecular flexibility index (Phi) is 16.5. The van der Waals surface area contributed by atoms with Crippen molar-refractivity contribution in [1.29, 1.82) is 0 Å². The van der Waals surface area contributed by atoms with E-state index in [2.05, 4.69) is 0 Å². The van der Waals surface area contributed by atoms with E-state index in [-0.39, 0.29) is 87.2 Å². The quantitative estimate of drug-likeness (QED) is 0.0511. The maximum Gasteiger partial charge on any atom is 0.338 e. The van der Waals surface area contributed by atoms with Crippen LogP contribution in [0, 0.1) is 5.41 Å². The lowest BCUT2D eigenvalue weighted by molar-refractivity contribution is -0.133. The van der Waals surface area contributed by atoms with Crippen molar-refractivity contribution in [2.75, 3.05) is 73.4 Å². The minimum Gasteiger partial charge on any atom is -0.508 e. The van der Waals surface area contributed by atoms with Gasteiger partial charge in [0.25, 0.3) is 0 Å². The number of aliphatic hydroxyl groups is 3. The summed E-state index contributed by atoms with van der Waals surface area (Å²) in [5.74, 6) is -3.05. The van der Waals surface area contributed by atoms with Gasteiger partial charge in [0.15, 0.2) is 0 Å². The molecule has 0 saturated carbocycles. The molecule has 4 atom stereocenters. The highest BCUT2D eigenvalue weighted by molar-refractivity contribution is 5.91. The number of aromatic hydroxyl groups is 4. The minimum absolute atomic E-state index is 0.00196. The number of esters is 2. The molecule has 0 aliphatic carbocycles. The molecule has 0 spiro atoms. The first-order valence-corrected chi connectivity index (χ1v) is 14.0. The van der Waals surface area contributed by atoms with Gasteiger partial charge >= 0.3 is 11.9 Å². The molecule has 0 bridgehead atoms. The Hall–Kier alpha value is -3.74. The molecule has 258 valence electrons. The third-order valence-electron chi connectivity index (χ3n) is 5.90. The van der Waals surface area contributed by atoms with E-state index in [1.165, 1.54) is 7.11 Å². The van der Waals surface area contributed by atoms with Gasteiger partial charge in [-0.2, -0.15) is 0 Å². The average molecular weight is 659 g/mol. The number of carbonyl (C=O) groups excluding carboxylic acids is 2. The van der Waals surface area contributed by atoms with Crippen LogP contribution in [0.2, 0.25) is 0 Å². The van der Waals surface area contributed by atoms with Gasteiger partial charge in [-0.15, -0.1) is 0 Å². The molecule has 46 heavy (non-hydrogen) atoms. The average Bonchev–Trinajstić information content (AvgIpc) is 2.97. The summed E-state index contributed by atoms with van der Waals surface area (Å²) in [5.41, 5.74) is -1.02. The molecule has 0 radical (unpaired) electrons. The summed E-state index contributed by atoms with van der Waals surface area (Å²) in [6, 6.07) is 6.50. The largest absolute Gasteiger partial charge is 0.508 e. The number of hydrogen-bond donors (Lipinski definition) is 7. The van der Waals surface area contributed by atoms with Crippen LogP contribution in [0.3, 0.4) is 0 Å². The number of rotatable bonds is 22. The Bertz CT molecular complexity index is 1180. The smallest absolute Gasteiger partial charge is 0.338 e. The number of methoxy groups -OCH3 is 1. The lowest BCUT2D eigenvalue weighted by atomic mass is 9.94. The Balaban J connectivity index is 1.76. The van der Waals surface area contributed by atoms with Crippen LogP contribution in [0.1, 0.15) is 27.6 Å². The van der Waals surface area contributed by atoms with E-state index in [4.69, 9.17) is 33.2 Å². The second-order valence-corrected chi connectivity index (χ2v) is 10.8. The molecule has 0 amide bonds. The predicted octanol–water partition coefficient (Wildman–Crippen LogP) is 0.282. The first-order valence-electron chi connectivity index (χ1n) is 14.0. The minimum atomic E-state index is -1.21. The summed E-state index contributed by atoms with van der Waals surface area (Å²) in [4.78, 5) is 24.2. The van der Waals surface area contributed by atoms with Crippen molar-refractivity contribution in [3.05, 3.63) is 47.5 Å². The van der Waals surface area contributed by atoms with Gasteiger partial charge < -0.3 is 68.9 Å². The van der Waals surface area contributed by atoms with E-state index in [0.29, 0.717) is 0 Å². The zero-order valence-electron chi connectivity index (χ0n) is 25.6. The maximum atomic E-state index is 12.1. The van der Waals surface area contributed by atoms with Crippen molar-refractivity contribution in [2.24, 2.45) is 5.41 Å². The molecule has 7 N–H and O–H groups in total. The second-order valence-electron chi connectivity index (χ2n) is 10.8. The monoisotopic (exact) mass is 658 g/mol. The molecular formula is C30H42O16. The molecular weight excluding hydrogens is 616 g/mol. The molecule has 16 nitrogen and oxygen atoms in total. The van der Waals surface area contributed by atoms with Gasteiger partial charge in [0.2, 0.25) is 0 Å². The topological polar surface area (TPSA) is 240 Å². The molecule has 4 unspecified atom stereocenters. The molecule has 0 fully saturated rings. The Morgan fingerprint density at radius 1 is 0.587 bits per heavy atom. The number of hydrogen-bond acceptors (Lipinski definition) is 16. The van der Waals surface area contributed by atoms with E-state index >= 15 is 0 Å². The predicted molar refractivity (Wildman–Crippen MR) is 157 cm³/mol. The fourth-order valence-electron chi connectivity index (χ4n) is 3.81. The standard InChI is InChI=1S/C30H42O16/c1-30(15-41-10-25(35)9-40-2,16-42-11-26(36)13-45-28(38)19-3-21(31)7-22(32)4-19)17-44-18-43-12-27(37)14-46-29(39)20-5-23(33)8-24(34)6-20/h3-8,25-27,31-37H,9-18H2,1-2H3. The third-order valence-corrected chi connectivity index (χ3v) is 5.90. The van der Waals surface area contributed by atoms with Crippen LogP contribution in [-0.4, -0.2) is 139 Å². The van der Waals surface area contributed by atoms with E-state index in [9.17, 15) is 45.3 Å². The molecule has 0 saturated heterocycles. The van der Waals surface area contributed by atoms with E-state index in [0.717, 1.165) is 36.4 Å². The van der Waals surface area contributed by atoms with Gasteiger partial charge in [0, 0.05) is 24.7 Å². The molecule has 2 aromatic carbocycles. The van der Waals surface area contributed by atoms with Gasteiger partial charge in [-0.05, 0) is 24.3 Å². The van der Waals surface area contributed by atoms with Crippen LogP contribution >= 0.6 is 0 Å². The highest BCUT2D eigenvalue weighted by atomic mass is 16.7. The second kappa shape index (κ2) is 19.7. The number of phenols is 4. The zero-order chi connectivity index (χ0) is 34.1. The SMILES string of the molecule is COCC(O)COCC(C)(COCOCC(O)COC(=O)c1cc(O)cc(O)c1)COCC(O)COC(=O)c1cc(O)cc(O)c1. The first-order chi connectivity index (χ1) is 21.8. The van der Waals surface area contributed by atoms with Crippen LogP contribution in [0.15, 0.2) is 36.4 Å². The summed E-state index contributed by atoms with van der Waals surface area (Å²) >= 11 is 0. The first kappa shape index (κ1) is 38.4.